The van der Waals surface area contributed by atoms with Gasteiger partial charge in [-0.15, -0.1) is 0 Å². The lowest BCUT2D eigenvalue weighted by Gasteiger charge is -2.36. The van der Waals surface area contributed by atoms with E-state index in [4.69, 9.17) is 4.98 Å². The predicted molar refractivity (Wildman–Crippen MR) is 107 cm³/mol. The highest BCUT2D eigenvalue weighted by Crippen LogP contribution is 2.35. The lowest BCUT2D eigenvalue weighted by molar-refractivity contribution is 0.123. The summed E-state index contributed by atoms with van der Waals surface area (Å²) in [6, 6.07) is 19.3. The van der Waals surface area contributed by atoms with Crippen LogP contribution in [0.2, 0.25) is 0 Å². The molecule has 1 fully saturated rings. The Balaban J connectivity index is 1.61. The van der Waals surface area contributed by atoms with Crippen LogP contribution in [0.15, 0.2) is 67.0 Å². The average Bonchev–Trinajstić information content (AvgIpc) is 3.18. The molecule has 0 radical (unpaired) electrons. The molecule has 0 spiro atoms. The number of hydrogen-bond acceptors (Lipinski definition) is 4. The largest absolute Gasteiger partial charge is 0.393 e. The number of rotatable bonds is 3. The molecule has 1 N–H and O–H groups in total. The van der Waals surface area contributed by atoms with Gasteiger partial charge in [0.2, 0.25) is 0 Å². The zero-order chi connectivity index (χ0) is 18.2. The molecule has 5 nitrogen and oxygen atoms in total. The van der Waals surface area contributed by atoms with Crippen molar-refractivity contribution in [1.82, 2.24) is 14.6 Å². The Labute approximate surface area is 157 Å². The van der Waals surface area contributed by atoms with E-state index in [2.05, 4.69) is 52.5 Å². The molecule has 0 unspecified atom stereocenters. The third-order valence-corrected chi connectivity index (χ3v) is 5.53. The highest BCUT2D eigenvalue weighted by atomic mass is 16.3. The number of nitrogens with zero attached hydrogens (tertiary/aromatic N) is 4. The predicted octanol–water partition coefficient (Wildman–Crippen LogP) is 4.32. The monoisotopic (exact) mass is 358 g/mol. The number of anilines is 2. The summed E-state index contributed by atoms with van der Waals surface area (Å²) in [5.74, 6) is 0.930. The average molecular weight is 358 g/mol. The highest BCUT2D eigenvalue weighted by Gasteiger charge is 2.27. The Bertz CT molecular complexity index is 1080. The third-order valence-electron chi connectivity index (χ3n) is 5.53. The summed E-state index contributed by atoms with van der Waals surface area (Å²) in [4.78, 5) is 7.19. The molecule has 2 aromatic carbocycles. The SMILES string of the molecule is OC1CCC(N(c2ccc3ccccc3c2)c2ccn3nccc3n2)CC1. The standard InChI is InChI=1S/C22H22N4O/c27-20-9-7-18(8-10-20)26(22-12-14-25-21(24-22)11-13-23-25)19-6-5-16-3-1-2-4-17(16)15-19/h1-6,11-15,18,20,27H,7-10H2. The molecule has 0 amide bonds. The summed E-state index contributed by atoms with van der Waals surface area (Å²) >= 11 is 0. The maximum Gasteiger partial charge on any atom is 0.157 e. The van der Waals surface area contributed by atoms with Gasteiger partial charge in [0, 0.05) is 24.0 Å². The number of aliphatic hydroxyl groups is 1. The first-order chi connectivity index (χ1) is 13.3. The van der Waals surface area contributed by atoms with Crippen molar-refractivity contribution in [3.63, 3.8) is 0 Å². The number of fused-ring (bicyclic) bond motifs is 2. The Morgan fingerprint density at radius 1 is 0.926 bits per heavy atom. The molecule has 0 atom stereocenters. The number of hydrogen-bond donors (Lipinski definition) is 1. The lowest BCUT2D eigenvalue weighted by Crippen LogP contribution is -2.36. The van der Waals surface area contributed by atoms with E-state index in [1.54, 1.807) is 10.7 Å². The van der Waals surface area contributed by atoms with Crippen molar-refractivity contribution in [2.45, 2.75) is 37.8 Å². The Morgan fingerprint density at radius 2 is 1.74 bits per heavy atom. The van der Waals surface area contributed by atoms with E-state index >= 15 is 0 Å². The van der Waals surface area contributed by atoms with Crippen LogP contribution in [0.4, 0.5) is 11.5 Å². The van der Waals surface area contributed by atoms with Crippen LogP contribution >= 0.6 is 0 Å². The van der Waals surface area contributed by atoms with Crippen molar-refractivity contribution in [2.24, 2.45) is 0 Å². The molecule has 2 aromatic heterocycles. The molecule has 1 aliphatic rings. The summed E-state index contributed by atoms with van der Waals surface area (Å²) in [7, 11) is 0. The molecule has 2 heterocycles. The van der Waals surface area contributed by atoms with Gasteiger partial charge in [-0.2, -0.15) is 5.10 Å². The number of aliphatic hydroxyl groups excluding tert-OH is 1. The Morgan fingerprint density at radius 3 is 2.59 bits per heavy atom. The van der Waals surface area contributed by atoms with Crippen LogP contribution in [-0.2, 0) is 0 Å². The molecular formula is C22H22N4O. The van der Waals surface area contributed by atoms with Crippen molar-refractivity contribution >= 4 is 27.9 Å². The first kappa shape index (κ1) is 16.3. The fourth-order valence-corrected chi connectivity index (χ4v) is 4.11. The number of benzene rings is 2. The van der Waals surface area contributed by atoms with Gasteiger partial charge < -0.3 is 10.0 Å². The second kappa shape index (κ2) is 6.67. The van der Waals surface area contributed by atoms with Gasteiger partial charge in [-0.1, -0.05) is 30.3 Å². The molecule has 1 saturated carbocycles. The second-order valence-corrected chi connectivity index (χ2v) is 7.28. The Kier molecular flexibility index (Phi) is 4.02. The topological polar surface area (TPSA) is 53.7 Å². The van der Waals surface area contributed by atoms with Gasteiger partial charge in [-0.3, -0.25) is 0 Å². The molecule has 1 aliphatic carbocycles. The van der Waals surface area contributed by atoms with E-state index in [0.29, 0.717) is 6.04 Å². The van der Waals surface area contributed by atoms with Gasteiger partial charge in [0.25, 0.3) is 0 Å². The van der Waals surface area contributed by atoms with Crippen LogP contribution in [0.1, 0.15) is 25.7 Å². The van der Waals surface area contributed by atoms with E-state index in [1.807, 2.05) is 18.3 Å². The van der Waals surface area contributed by atoms with Gasteiger partial charge in [-0.25, -0.2) is 9.50 Å². The summed E-state index contributed by atoms with van der Waals surface area (Å²) in [5, 5.41) is 16.7. The van der Waals surface area contributed by atoms with Crippen LogP contribution in [0.5, 0.6) is 0 Å². The molecule has 136 valence electrons. The minimum absolute atomic E-state index is 0.176. The van der Waals surface area contributed by atoms with E-state index in [-0.39, 0.29) is 6.10 Å². The van der Waals surface area contributed by atoms with Crippen molar-refractivity contribution in [2.75, 3.05) is 4.90 Å². The van der Waals surface area contributed by atoms with Gasteiger partial charge >= 0.3 is 0 Å². The van der Waals surface area contributed by atoms with Crippen LogP contribution in [0.3, 0.4) is 0 Å². The van der Waals surface area contributed by atoms with Crippen LogP contribution in [0.25, 0.3) is 16.4 Å². The molecule has 27 heavy (non-hydrogen) atoms. The zero-order valence-corrected chi connectivity index (χ0v) is 15.1. The maximum absolute atomic E-state index is 9.96. The van der Waals surface area contributed by atoms with Crippen molar-refractivity contribution in [3.8, 4) is 0 Å². The minimum Gasteiger partial charge on any atom is -0.393 e. The van der Waals surface area contributed by atoms with Crippen molar-refractivity contribution < 1.29 is 5.11 Å². The third kappa shape index (κ3) is 3.04. The van der Waals surface area contributed by atoms with Crippen molar-refractivity contribution in [1.29, 1.82) is 0 Å². The van der Waals surface area contributed by atoms with Gasteiger partial charge in [0.1, 0.15) is 5.82 Å². The van der Waals surface area contributed by atoms with Gasteiger partial charge in [-0.05, 0) is 54.7 Å². The first-order valence-electron chi connectivity index (χ1n) is 9.54. The fraction of sp³-hybridized carbons (Fsp3) is 0.273. The fourth-order valence-electron chi connectivity index (χ4n) is 4.11. The zero-order valence-electron chi connectivity index (χ0n) is 15.1. The van der Waals surface area contributed by atoms with Crippen molar-refractivity contribution in [3.05, 3.63) is 67.0 Å². The summed E-state index contributed by atoms with van der Waals surface area (Å²) in [6.45, 7) is 0. The second-order valence-electron chi connectivity index (χ2n) is 7.28. The smallest absolute Gasteiger partial charge is 0.157 e. The van der Waals surface area contributed by atoms with Crippen LogP contribution in [-0.4, -0.2) is 31.9 Å². The van der Waals surface area contributed by atoms with Gasteiger partial charge in [0.15, 0.2) is 5.65 Å². The van der Waals surface area contributed by atoms with Gasteiger partial charge in [0.05, 0.1) is 12.3 Å². The molecule has 0 bridgehead atoms. The van der Waals surface area contributed by atoms with E-state index in [1.165, 1.54) is 10.8 Å². The quantitative estimate of drug-likeness (QED) is 0.592. The molecule has 0 aliphatic heterocycles. The van der Waals surface area contributed by atoms with E-state index < -0.39 is 0 Å². The first-order valence-corrected chi connectivity index (χ1v) is 9.54. The summed E-state index contributed by atoms with van der Waals surface area (Å²) < 4.78 is 1.78. The van der Waals surface area contributed by atoms with E-state index in [9.17, 15) is 5.11 Å². The van der Waals surface area contributed by atoms with Crippen LogP contribution in [0, 0.1) is 0 Å². The minimum atomic E-state index is -0.176. The molecule has 0 saturated heterocycles. The molecule has 4 aromatic rings. The summed E-state index contributed by atoms with van der Waals surface area (Å²) in [5.41, 5.74) is 1.99. The molecule has 5 rings (SSSR count). The molecule has 5 heteroatoms. The summed E-state index contributed by atoms with van der Waals surface area (Å²) in [6.07, 6.45) is 7.14. The van der Waals surface area contributed by atoms with Crippen LogP contribution < -0.4 is 4.90 Å². The highest BCUT2D eigenvalue weighted by molar-refractivity contribution is 5.86. The van der Waals surface area contributed by atoms with E-state index in [0.717, 1.165) is 42.8 Å². The Hall–Kier alpha value is -2.92. The maximum atomic E-state index is 9.96. The lowest BCUT2D eigenvalue weighted by atomic mass is 9.91. The number of aromatic nitrogens is 3. The normalized spacial score (nSPS) is 20.2. The molecular weight excluding hydrogens is 336 g/mol.